The first-order chi connectivity index (χ1) is 12.6. The Labute approximate surface area is 150 Å². The Morgan fingerprint density at radius 1 is 1.30 bits per heavy atom. The maximum absolute atomic E-state index is 13.2. The van der Waals surface area contributed by atoms with E-state index in [4.69, 9.17) is 5.26 Å². The van der Waals surface area contributed by atoms with E-state index in [0.717, 1.165) is 17.0 Å². The Morgan fingerprint density at radius 2 is 2.00 bits per heavy atom. The molecule has 0 saturated carbocycles. The van der Waals surface area contributed by atoms with Gasteiger partial charge in [0.1, 0.15) is 6.04 Å². The van der Waals surface area contributed by atoms with Crippen LogP contribution in [0, 0.1) is 11.3 Å². The van der Waals surface area contributed by atoms with Crippen LogP contribution in [0.4, 0.5) is 28.4 Å². The van der Waals surface area contributed by atoms with E-state index in [1.807, 2.05) is 0 Å². The zero-order chi connectivity index (χ0) is 19.7. The van der Waals surface area contributed by atoms with Crippen molar-refractivity contribution in [1.29, 1.82) is 5.26 Å². The van der Waals surface area contributed by atoms with Gasteiger partial charge in [-0.15, -0.1) is 0 Å². The van der Waals surface area contributed by atoms with Gasteiger partial charge in [0, 0.05) is 6.54 Å². The lowest BCUT2D eigenvalue weighted by Gasteiger charge is -2.32. The van der Waals surface area contributed by atoms with Crippen molar-refractivity contribution in [2.75, 3.05) is 11.4 Å². The number of carboxylic acid groups (broad SMARTS) is 1. The largest absolute Gasteiger partial charge is 0.465 e. The second-order valence-corrected chi connectivity index (χ2v) is 6.54. The smallest absolute Gasteiger partial charge is 0.417 e. The first-order valence-corrected chi connectivity index (χ1v) is 7.92. The van der Waals surface area contributed by atoms with Crippen molar-refractivity contribution in [2.45, 2.75) is 30.7 Å². The minimum absolute atomic E-state index is 0.0601. The van der Waals surface area contributed by atoms with Crippen molar-refractivity contribution in [2.24, 2.45) is 0 Å². The molecule has 11 heteroatoms. The van der Waals surface area contributed by atoms with Crippen molar-refractivity contribution in [3.05, 3.63) is 29.3 Å². The van der Waals surface area contributed by atoms with E-state index in [9.17, 15) is 32.7 Å². The zero-order valence-electron chi connectivity index (χ0n) is 13.5. The number of urea groups is 1. The quantitative estimate of drug-likeness (QED) is 0.749. The van der Waals surface area contributed by atoms with Crippen LogP contribution in [0.15, 0.2) is 18.2 Å². The number of nitrogens with zero attached hydrogens (tertiary/aromatic N) is 4. The monoisotopic (exact) mass is 380 g/mol. The lowest BCUT2D eigenvalue weighted by atomic mass is 10.1. The van der Waals surface area contributed by atoms with Crippen molar-refractivity contribution < 1.29 is 32.7 Å². The molecule has 3 atom stereocenters. The molecule has 140 valence electrons. The molecule has 2 bridgehead atoms. The average Bonchev–Trinajstić information content (AvgIpc) is 3.25. The molecule has 0 spiro atoms. The van der Waals surface area contributed by atoms with Gasteiger partial charge < -0.3 is 14.9 Å². The third-order valence-electron chi connectivity index (χ3n) is 5.20. The van der Waals surface area contributed by atoms with E-state index < -0.39 is 53.5 Å². The molecule has 3 heterocycles. The van der Waals surface area contributed by atoms with Crippen LogP contribution in [0.5, 0.6) is 0 Å². The van der Waals surface area contributed by atoms with Crippen LogP contribution in [0.25, 0.3) is 0 Å². The summed E-state index contributed by atoms with van der Waals surface area (Å²) in [5.74, 6) is -0.767. The minimum atomic E-state index is -4.83. The predicted molar refractivity (Wildman–Crippen MR) is 81.6 cm³/mol. The number of piperazine rings is 1. The Balaban J connectivity index is 1.73. The Bertz CT molecular complexity index is 925. The molecule has 0 aromatic heterocycles. The number of alkyl halides is 3. The molecule has 0 unspecified atom stereocenters. The topological polar surface area (TPSA) is 105 Å². The maximum atomic E-state index is 13.2. The number of halogens is 3. The maximum Gasteiger partial charge on any atom is 0.417 e. The molecule has 27 heavy (non-hydrogen) atoms. The van der Waals surface area contributed by atoms with Gasteiger partial charge in [-0.25, -0.2) is 14.5 Å². The van der Waals surface area contributed by atoms with Gasteiger partial charge in [-0.05, 0) is 24.6 Å². The van der Waals surface area contributed by atoms with Gasteiger partial charge in [0.15, 0.2) is 0 Å². The lowest BCUT2D eigenvalue weighted by molar-refractivity contribution is -0.137. The number of rotatable bonds is 1. The van der Waals surface area contributed by atoms with Gasteiger partial charge in [0.05, 0.1) is 35.0 Å². The molecule has 3 fully saturated rings. The number of likely N-dealkylation sites (tertiary alicyclic amines) is 1. The van der Waals surface area contributed by atoms with E-state index in [-0.39, 0.29) is 12.2 Å². The van der Waals surface area contributed by atoms with Gasteiger partial charge in [0.25, 0.3) is 5.91 Å². The number of hydrogen-bond acceptors (Lipinski definition) is 4. The number of benzene rings is 1. The van der Waals surface area contributed by atoms with Gasteiger partial charge in [-0.3, -0.25) is 4.79 Å². The summed E-state index contributed by atoms with van der Waals surface area (Å²) in [5, 5.41) is 18.1. The molecule has 1 aromatic rings. The van der Waals surface area contributed by atoms with Crippen LogP contribution in [-0.4, -0.2) is 57.6 Å². The molecule has 8 nitrogen and oxygen atoms in total. The lowest BCUT2D eigenvalue weighted by Crippen LogP contribution is -2.54. The fraction of sp³-hybridized carbons (Fsp3) is 0.375. The Morgan fingerprint density at radius 3 is 2.59 bits per heavy atom. The number of amides is 4. The molecule has 0 radical (unpaired) electrons. The Hall–Kier alpha value is -3.29. The highest BCUT2D eigenvalue weighted by atomic mass is 19.4. The second-order valence-electron chi connectivity index (χ2n) is 6.54. The zero-order valence-corrected chi connectivity index (χ0v) is 13.5. The first kappa shape index (κ1) is 17.1. The molecule has 4 rings (SSSR count). The van der Waals surface area contributed by atoms with Crippen LogP contribution >= 0.6 is 0 Å². The highest BCUT2D eigenvalue weighted by Crippen LogP contribution is 2.43. The summed E-state index contributed by atoms with van der Waals surface area (Å²) in [6, 6.07) is 1.00. The van der Waals surface area contributed by atoms with Gasteiger partial charge in [0.2, 0.25) is 0 Å². The summed E-state index contributed by atoms with van der Waals surface area (Å²) in [4.78, 5) is 39.7. The van der Waals surface area contributed by atoms with Crippen LogP contribution < -0.4 is 4.90 Å². The highest BCUT2D eigenvalue weighted by Gasteiger charge is 2.63. The fourth-order valence-corrected chi connectivity index (χ4v) is 4.12. The summed E-state index contributed by atoms with van der Waals surface area (Å²) in [7, 11) is 0. The van der Waals surface area contributed by atoms with Crippen molar-refractivity contribution in [1.82, 2.24) is 9.80 Å². The molecule has 1 aromatic carbocycles. The molecular formula is C16H11F3N4O4. The van der Waals surface area contributed by atoms with Gasteiger partial charge in [-0.1, -0.05) is 0 Å². The second kappa shape index (κ2) is 5.35. The Kier molecular flexibility index (Phi) is 3.40. The number of carbonyl (C=O) groups is 3. The summed E-state index contributed by atoms with van der Waals surface area (Å²) >= 11 is 0. The number of imide groups is 1. The predicted octanol–water partition coefficient (Wildman–Crippen LogP) is 1.85. The minimum Gasteiger partial charge on any atom is -0.465 e. The van der Waals surface area contributed by atoms with Crippen LogP contribution in [-0.2, 0) is 11.0 Å². The standard InChI is InChI=1S/C16H11F3N4O4/c17-16(18,19)10-3-8(2-1-7(10)5-20)23-13(24)12-11-4-9(22(12)14(23)25)6-21(11)15(26)27/h1-3,9,11-12H,4,6H2,(H,26,27)/t9-,11-,12+/m0/s1. The number of carbonyl (C=O) groups excluding carboxylic acids is 2. The number of anilines is 1. The van der Waals surface area contributed by atoms with E-state index in [0.29, 0.717) is 17.4 Å². The molecule has 0 aliphatic carbocycles. The van der Waals surface area contributed by atoms with E-state index in [1.165, 1.54) is 11.0 Å². The van der Waals surface area contributed by atoms with Crippen LogP contribution in [0.1, 0.15) is 17.5 Å². The molecule has 1 N–H and O–H groups in total. The highest BCUT2D eigenvalue weighted by molar-refractivity contribution is 6.22. The third kappa shape index (κ3) is 2.26. The number of fused-ring (bicyclic) bond motifs is 5. The van der Waals surface area contributed by atoms with E-state index in [1.54, 1.807) is 0 Å². The average molecular weight is 380 g/mol. The van der Waals surface area contributed by atoms with Crippen molar-refractivity contribution in [3.8, 4) is 6.07 Å². The SMILES string of the molecule is N#Cc1ccc(N2C(=O)[C@H]3[C@@H]4C[C@@H](CN4C(=O)O)N3C2=O)cc1C(F)(F)F. The van der Waals surface area contributed by atoms with Crippen LogP contribution in [0.2, 0.25) is 0 Å². The molecule has 3 saturated heterocycles. The summed E-state index contributed by atoms with van der Waals surface area (Å²) < 4.78 is 39.5. The molecular weight excluding hydrogens is 369 g/mol. The summed E-state index contributed by atoms with van der Waals surface area (Å²) in [6.45, 7) is 0.0601. The molecule has 4 amide bonds. The first-order valence-electron chi connectivity index (χ1n) is 7.92. The van der Waals surface area contributed by atoms with Crippen LogP contribution in [0.3, 0.4) is 0 Å². The molecule has 3 aliphatic rings. The summed E-state index contributed by atoms with van der Waals surface area (Å²) in [6.07, 6.45) is -5.72. The number of hydrogen-bond donors (Lipinski definition) is 1. The van der Waals surface area contributed by atoms with Gasteiger partial charge in [-0.2, -0.15) is 18.4 Å². The van der Waals surface area contributed by atoms with Crippen molar-refractivity contribution in [3.63, 3.8) is 0 Å². The normalized spacial score (nSPS) is 26.6. The third-order valence-corrected chi connectivity index (χ3v) is 5.20. The molecule has 3 aliphatic heterocycles. The van der Waals surface area contributed by atoms with Gasteiger partial charge >= 0.3 is 18.3 Å². The number of nitriles is 1. The van der Waals surface area contributed by atoms with E-state index in [2.05, 4.69) is 0 Å². The summed E-state index contributed by atoms with van der Waals surface area (Å²) in [5.41, 5.74) is -2.17. The van der Waals surface area contributed by atoms with E-state index >= 15 is 0 Å². The fourth-order valence-electron chi connectivity index (χ4n) is 4.12. The van der Waals surface area contributed by atoms with Crippen molar-refractivity contribution >= 4 is 23.7 Å².